The minimum Gasteiger partial charge on any atom is -0.376 e. The third kappa shape index (κ3) is 4.74. The van der Waals surface area contributed by atoms with E-state index >= 15 is 0 Å². The molecule has 0 spiro atoms. The van der Waals surface area contributed by atoms with E-state index in [1.54, 1.807) is 16.7 Å². The summed E-state index contributed by atoms with van der Waals surface area (Å²) >= 11 is 1.56. The van der Waals surface area contributed by atoms with Gasteiger partial charge < -0.3 is 14.2 Å². The van der Waals surface area contributed by atoms with Crippen LogP contribution in [0.5, 0.6) is 0 Å². The highest BCUT2D eigenvalue weighted by Gasteiger charge is 2.28. The van der Waals surface area contributed by atoms with E-state index in [0.717, 1.165) is 42.4 Å². The Morgan fingerprint density at radius 3 is 2.67 bits per heavy atom. The number of thioether (sulfide) groups is 1. The summed E-state index contributed by atoms with van der Waals surface area (Å²) in [6.07, 6.45) is 4.31. The van der Waals surface area contributed by atoms with Gasteiger partial charge in [-0.25, -0.2) is 4.98 Å². The molecule has 1 aliphatic heterocycles. The molecule has 5 nitrogen and oxygen atoms in total. The lowest BCUT2D eigenvalue weighted by Gasteiger charge is -2.24. The van der Waals surface area contributed by atoms with E-state index < -0.39 is 0 Å². The lowest BCUT2D eigenvalue weighted by Crippen LogP contribution is -2.35. The van der Waals surface area contributed by atoms with Crippen molar-refractivity contribution in [2.24, 2.45) is 5.92 Å². The number of rotatable bonds is 7. The predicted octanol–water partition coefficient (Wildman–Crippen LogP) is 3.93. The molecule has 0 aliphatic carbocycles. The summed E-state index contributed by atoms with van der Waals surface area (Å²) in [6, 6.07) is 10.3. The quantitative estimate of drug-likeness (QED) is 0.675. The van der Waals surface area contributed by atoms with Crippen LogP contribution in [0.15, 0.2) is 41.7 Å². The van der Waals surface area contributed by atoms with E-state index in [1.807, 2.05) is 38.5 Å². The topological polar surface area (TPSA) is 47.4 Å². The third-order valence-corrected chi connectivity index (χ3v) is 6.36. The molecule has 0 saturated carbocycles. The van der Waals surface area contributed by atoms with Gasteiger partial charge in [0.1, 0.15) is 0 Å². The number of aromatic nitrogens is 2. The zero-order valence-electron chi connectivity index (χ0n) is 16.6. The number of carbonyl (C=O) groups excluding carboxylic acids is 1. The van der Waals surface area contributed by atoms with Crippen LogP contribution in [0.4, 0.5) is 0 Å². The van der Waals surface area contributed by atoms with Gasteiger partial charge in [-0.05, 0) is 24.3 Å². The van der Waals surface area contributed by atoms with Crippen molar-refractivity contribution in [1.82, 2.24) is 14.5 Å². The Morgan fingerprint density at radius 1 is 1.33 bits per heavy atom. The smallest absolute Gasteiger partial charge is 0.235 e. The fourth-order valence-electron chi connectivity index (χ4n) is 3.30. The highest BCUT2D eigenvalue weighted by Crippen LogP contribution is 2.33. The second-order valence-corrected chi connectivity index (χ2v) is 8.66. The molecule has 2 atom stereocenters. The Bertz CT molecular complexity index is 752. The van der Waals surface area contributed by atoms with Crippen LogP contribution in [-0.2, 0) is 16.1 Å². The maximum absolute atomic E-state index is 12.7. The molecule has 1 saturated heterocycles. The zero-order valence-corrected chi connectivity index (χ0v) is 17.4. The Kier molecular flexibility index (Phi) is 6.60. The molecule has 1 aromatic heterocycles. The van der Waals surface area contributed by atoms with Crippen LogP contribution in [0, 0.1) is 5.92 Å². The summed E-state index contributed by atoms with van der Waals surface area (Å²) in [7, 11) is 3.62. The van der Waals surface area contributed by atoms with Crippen molar-refractivity contribution in [3.8, 4) is 11.3 Å². The van der Waals surface area contributed by atoms with Gasteiger partial charge in [0.2, 0.25) is 5.91 Å². The summed E-state index contributed by atoms with van der Waals surface area (Å²) in [5, 5.41) is 0.729. The molecule has 146 valence electrons. The second kappa shape index (κ2) is 8.93. The molecule has 0 N–H and O–H groups in total. The molecule has 6 heteroatoms. The molecule has 0 bridgehead atoms. The van der Waals surface area contributed by atoms with Crippen molar-refractivity contribution in [2.45, 2.75) is 49.7 Å². The number of hydrogen-bond donors (Lipinski definition) is 0. The minimum atomic E-state index is -0.158. The molecular weight excluding hydrogens is 358 g/mol. The summed E-state index contributed by atoms with van der Waals surface area (Å²) in [4.78, 5) is 19.0. The normalized spacial score (nSPS) is 18.0. The lowest BCUT2D eigenvalue weighted by atomic mass is 10.1. The monoisotopic (exact) mass is 387 g/mol. The Balaban J connectivity index is 1.93. The summed E-state index contributed by atoms with van der Waals surface area (Å²) in [6.45, 7) is 5.78. The lowest BCUT2D eigenvalue weighted by molar-refractivity contribution is -0.128. The molecule has 0 radical (unpaired) electrons. The minimum absolute atomic E-state index is 0.128. The van der Waals surface area contributed by atoms with Gasteiger partial charge in [0, 0.05) is 20.7 Å². The molecule has 1 aromatic carbocycles. The highest BCUT2D eigenvalue weighted by atomic mass is 32.2. The van der Waals surface area contributed by atoms with Crippen LogP contribution in [-0.4, -0.2) is 52.4 Å². The first kappa shape index (κ1) is 20.0. The Morgan fingerprint density at radius 2 is 2.07 bits per heavy atom. The molecular formula is C21H29N3O2S. The van der Waals surface area contributed by atoms with Crippen LogP contribution in [0.3, 0.4) is 0 Å². The summed E-state index contributed by atoms with van der Waals surface area (Å²) in [5.74, 6) is 0.348. The standard InChI is InChI=1S/C21H29N3O2S/c1-15(2)19(20(25)23(3)4)27-21-22-13-18(16-9-6-5-7-10-16)24(21)14-17-11-8-12-26-17/h5-7,9-10,13,15,17,19H,8,11-12,14H2,1-4H3/t17-,19-/m1/s1. The van der Waals surface area contributed by atoms with Crippen LogP contribution in [0.1, 0.15) is 26.7 Å². The van der Waals surface area contributed by atoms with E-state index in [2.05, 4.69) is 30.5 Å². The molecule has 2 heterocycles. The van der Waals surface area contributed by atoms with Gasteiger partial charge in [-0.15, -0.1) is 0 Å². The van der Waals surface area contributed by atoms with Gasteiger partial charge >= 0.3 is 0 Å². The molecule has 3 rings (SSSR count). The van der Waals surface area contributed by atoms with Gasteiger partial charge in [-0.3, -0.25) is 4.79 Å². The SMILES string of the molecule is CC(C)[C@@H](Sc1ncc(-c2ccccc2)n1C[C@H]1CCCO1)C(=O)N(C)C. The summed E-state index contributed by atoms with van der Waals surface area (Å²) in [5.41, 5.74) is 2.21. The van der Waals surface area contributed by atoms with Gasteiger partial charge in [0.05, 0.1) is 29.8 Å². The number of amides is 1. The largest absolute Gasteiger partial charge is 0.376 e. The highest BCUT2D eigenvalue weighted by molar-refractivity contribution is 8.00. The molecule has 1 amide bonds. The van der Waals surface area contributed by atoms with E-state index in [0.29, 0.717) is 0 Å². The fraction of sp³-hybridized carbons (Fsp3) is 0.524. The number of ether oxygens (including phenoxy) is 1. The van der Waals surface area contributed by atoms with Gasteiger partial charge in [0.25, 0.3) is 0 Å². The molecule has 1 fully saturated rings. The van der Waals surface area contributed by atoms with E-state index in [9.17, 15) is 4.79 Å². The van der Waals surface area contributed by atoms with Crippen molar-refractivity contribution in [3.63, 3.8) is 0 Å². The maximum Gasteiger partial charge on any atom is 0.235 e. The second-order valence-electron chi connectivity index (χ2n) is 7.55. The van der Waals surface area contributed by atoms with E-state index in [-0.39, 0.29) is 23.2 Å². The fourth-order valence-corrected chi connectivity index (χ4v) is 4.52. The van der Waals surface area contributed by atoms with Crippen molar-refractivity contribution in [1.29, 1.82) is 0 Å². The van der Waals surface area contributed by atoms with Crippen molar-refractivity contribution in [3.05, 3.63) is 36.5 Å². The number of nitrogens with zero attached hydrogens (tertiary/aromatic N) is 3. The Hall–Kier alpha value is -1.79. The molecule has 1 aliphatic rings. The number of imidazole rings is 1. The van der Waals surface area contributed by atoms with Crippen LogP contribution in [0.2, 0.25) is 0 Å². The van der Waals surface area contributed by atoms with E-state index in [4.69, 9.17) is 9.72 Å². The Labute approximate surface area is 166 Å². The number of carbonyl (C=O) groups is 1. The average molecular weight is 388 g/mol. The van der Waals surface area contributed by atoms with Gasteiger partial charge in [-0.1, -0.05) is 55.9 Å². The van der Waals surface area contributed by atoms with Crippen LogP contribution in [0.25, 0.3) is 11.3 Å². The van der Waals surface area contributed by atoms with Gasteiger partial charge in [-0.2, -0.15) is 0 Å². The van der Waals surface area contributed by atoms with Crippen molar-refractivity contribution >= 4 is 17.7 Å². The van der Waals surface area contributed by atoms with Crippen molar-refractivity contribution in [2.75, 3.05) is 20.7 Å². The summed E-state index contributed by atoms with van der Waals surface area (Å²) < 4.78 is 8.11. The van der Waals surface area contributed by atoms with Gasteiger partial charge in [0.15, 0.2) is 5.16 Å². The molecule has 0 unspecified atom stereocenters. The number of benzene rings is 1. The third-order valence-electron chi connectivity index (χ3n) is 4.82. The first-order valence-corrected chi connectivity index (χ1v) is 10.5. The zero-order chi connectivity index (χ0) is 19.4. The maximum atomic E-state index is 12.7. The van der Waals surface area contributed by atoms with Crippen LogP contribution >= 0.6 is 11.8 Å². The van der Waals surface area contributed by atoms with Crippen LogP contribution < -0.4 is 0 Å². The van der Waals surface area contributed by atoms with E-state index in [1.165, 1.54) is 0 Å². The predicted molar refractivity (Wildman–Crippen MR) is 110 cm³/mol. The first-order chi connectivity index (χ1) is 13.0. The molecule has 2 aromatic rings. The first-order valence-electron chi connectivity index (χ1n) is 9.57. The van der Waals surface area contributed by atoms with Crippen molar-refractivity contribution < 1.29 is 9.53 Å². The number of hydrogen-bond acceptors (Lipinski definition) is 4. The average Bonchev–Trinajstić information content (AvgIpc) is 3.30. The molecule has 27 heavy (non-hydrogen) atoms.